The van der Waals surface area contributed by atoms with Crippen LogP contribution >= 0.6 is 0 Å². The highest BCUT2D eigenvalue weighted by molar-refractivity contribution is 5.92. The van der Waals surface area contributed by atoms with E-state index in [-0.39, 0.29) is 5.91 Å². The van der Waals surface area contributed by atoms with Crippen molar-refractivity contribution in [1.29, 1.82) is 0 Å². The molecule has 3 nitrogen and oxygen atoms in total. The molecule has 0 bridgehead atoms. The van der Waals surface area contributed by atoms with Gasteiger partial charge in [0.1, 0.15) is 5.75 Å². The third kappa shape index (κ3) is 3.50. The summed E-state index contributed by atoms with van der Waals surface area (Å²) in [5.41, 5.74) is 3.24. The van der Waals surface area contributed by atoms with Crippen LogP contribution in [0.4, 0.5) is 0 Å². The first-order chi connectivity index (χ1) is 9.60. The minimum Gasteiger partial charge on any atom is -0.493 e. The second-order valence-electron chi connectivity index (χ2n) is 5.11. The number of fused-ring (bicyclic) bond motifs is 1. The van der Waals surface area contributed by atoms with E-state index in [2.05, 4.69) is 12.6 Å². The molecule has 1 heterocycles. The van der Waals surface area contributed by atoms with Crippen LogP contribution in [0.25, 0.3) is 6.08 Å². The van der Waals surface area contributed by atoms with Crippen LogP contribution in [0.15, 0.2) is 36.4 Å². The Bertz CT molecular complexity index is 546. The Balaban J connectivity index is 2.04. The van der Waals surface area contributed by atoms with Gasteiger partial charge in [-0.2, -0.15) is 0 Å². The zero-order valence-electron chi connectivity index (χ0n) is 12.2. The summed E-state index contributed by atoms with van der Waals surface area (Å²) >= 11 is 0. The molecule has 106 valence electrons. The van der Waals surface area contributed by atoms with Gasteiger partial charge in [0, 0.05) is 25.6 Å². The summed E-state index contributed by atoms with van der Waals surface area (Å²) in [5, 5.41) is 0. The van der Waals surface area contributed by atoms with Crippen molar-refractivity contribution in [1.82, 2.24) is 4.90 Å². The fourth-order valence-electron chi connectivity index (χ4n) is 2.25. The third-order valence-corrected chi connectivity index (χ3v) is 3.29. The van der Waals surface area contributed by atoms with Gasteiger partial charge in [-0.05, 0) is 43.2 Å². The largest absolute Gasteiger partial charge is 0.493 e. The van der Waals surface area contributed by atoms with Crippen LogP contribution in [0.2, 0.25) is 0 Å². The van der Waals surface area contributed by atoms with Crippen molar-refractivity contribution >= 4 is 12.0 Å². The molecule has 1 aliphatic rings. The van der Waals surface area contributed by atoms with Crippen LogP contribution in [-0.4, -0.2) is 30.5 Å². The lowest BCUT2D eigenvalue weighted by Crippen LogP contribution is -2.30. The van der Waals surface area contributed by atoms with Gasteiger partial charge >= 0.3 is 0 Å². The highest BCUT2D eigenvalue weighted by Crippen LogP contribution is 2.26. The van der Waals surface area contributed by atoms with Gasteiger partial charge in [-0.1, -0.05) is 18.2 Å². The maximum Gasteiger partial charge on any atom is 0.246 e. The molecule has 0 N–H and O–H groups in total. The van der Waals surface area contributed by atoms with Gasteiger partial charge in [0.25, 0.3) is 0 Å². The number of likely N-dealkylation sites (N-methyl/N-ethyl adjacent to an activating group) is 1. The molecule has 0 unspecified atom stereocenters. The summed E-state index contributed by atoms with van der Waals surface area (Å²) in [5.74, 6) is 0.984. The fourth-order valence-corrected chi connectivity index (χ4v) is 2.25. The van der Waals surface area contributed by atoms with Crippen LogP contribution in [0.5, 0.6) is 5.75 Å². The Morgan fingerprint density at radius 3 is 3.00 bits per heavy atom. The predicted molar refractivity (Wildman–Crippen MR) is 81.7 cm³/mol. The molecule has 0 saturated heterocycles. The standard InChI is InChI=1S/C17H21NO2/c1-4-18(12-13(2)3)17(19)8-6-14-5-7-16-15(11-14)9-10-20-16/h5-8,11H,2,4,9-10,12H2,1,3H3/b8-6+. The van der Waals surface area contributed by atoms with Crippen molar-refractivity contribution < 1.29 is 9.53 Å². The van der Waals surface area contributed by atoms with E-state index in [9.17, 15) is 4.79 Å². The molecule has 3 heteroatoms. The fraction of sp³-hybridized carbons (Fsp3) is 0.353. The number of carbonyl (C=O) groups is 1. The van der Waals surface area contributed by atoms with Gasteiger partial charge in [-0.3, -0.25) is 4.79 Å². The van der Waals surface area contributed by atoms with Crippen molar-refractivity contribution in [2.24, 2.45) is 0 Å². The van der Waals surface area contributed by atoms with E-state index in [1.165, 1.54) is 5.56 Å². The van der Waals surface area contributed by atoms with Gasteiger partial charge in [0.15, 0.2) is 0 Å². The summed E-state index contributed by atoms with van der Waals surface area (Å²) in [6.45, 7) is 9.81. The van der Waals surface area contributed by atoms with Crippen molar-refractivity contribution in [3.05, 3.63) is 47.6 Å². The number of carbonyl (C=O) groups excluding carboxylic acids is 1. The number of hydrogen-bond acceptors (Lipinski definition) is 2. The highest BCUT2D eigenvalue weighted by Gasteiger charge is 2.11. The molecule has 0 saturated carbocycles. The van der Waals surface area contributed by atoms with Crippen LogP contribution in [0, 0.1) is 0 Å². The summed E-state index contributed by atoms with van der Waals surface area (Å²) in [6.07, 6.45) is 4.44. The van der Waals surface area contributed by atoms with E-state index < -0.39 is 0 Å². The lowest BCUT2D eigenvalue weighted by atomic mass is 10.1. The van der Waals surface area contributed by atoms with E-state index in [4.69, 9.17) is 4.74 Å². The first kappa shape index (κ1) is 14.4. The van der Waals surface area contributed by atoms with E-state index >= 15 is 0 Å². The van der Waals surface area contributed by atoms with E-state index in [1.54, 1.807) is 11.0 Å². The van der Waals surface area contributed by atoms with Crippen molar-refractivity contribution in [2.75, 3.05) is 19.7 Å². The molecule has 0 fully saturated rings. The van der Waals surface area contributed by atoms with Crippen molar-refractivity contribution in [2.45, 2.75) is 20.3 Å². The molecule has 2 rings (SSSR count). The van der Waals surface area contributed by atoms with E-state index in [1.807, 2.05) is 32.1 Å². The quantitative estimate of drug-likeness (QED) is 0.608. The lowest BCUT2D eigenvalue weighted by molar-refractivity contribution is -0.125. The van der Waals surface area contributed by atoms with Crippen LogP contribution in [0.3, 0.4) is 0 Å². The zero-order valence-corrected chi connectivity index (χ0v) is 12.2. The van der Waals surface area contributed by atoms with Crippen molar-refractivity contribution in [3.8, 4) is 5.75 Å². The molecular weight excluding hydrogens is 250 g/mol. The van der Waals surface area contributed by atoms with Crippen LogP contribution in [0.1, 0.15) is 25.0 Å². The Kier molecular flexibility index (Phi) is 4.61. The number of nitrogens with zero attached hydrogens (tertiary/aromatic N) is 1. The number of ether oxygens (including phenoxy) is 1. The molecule has 0 radical (unpaired) electrons. The summed E-state index contributed by atoms with van der Waals surface area (Å²) in [6, 6.07) is 6.03. The van der Waals surface area contributed by atoms with E-state index in [0.29, 0.717) is 13.1 Å². The normalized spacial score (nSPS) is 13.1. The summed E-state index contributed by atoms with van der Waals surface area (Å²) < 4.78 is 5.47. The first-order valence-electron chi connectivity index (χ1n) is 6.97. The maximum absolute atomic E-state index is 12.1. The Morgan fingerprint density at radius 1 is 1.50 bits per heavy atom. The SMILES string of the molecule is C=C(C)CN(CC)C(=O)/C=C/c1ccc2c(c1)CCO2. The topological polar surface area (TPSA) is 29.5 Å². The first-order valence-corrected chi connectivity index (χ1v) is 6.97. The Morgan fingerprint density at radius 2 is 2.30 bits per heavy atom. The molecule has 1 aliphatic heterocycles. The average molecular weight is 271 g/mol. The molecule has 0 aliphatic carbocycles. The van der Waals surface area contributed by atoms with Gasteiger partial charge in [0.05, 0.1) is 6.61 Å². The van der Waals surface area contributed by atoms with Crippen LogP contribution < -0.4 is 4.74 Å². The lowest BCUT2D eigenvalue weighted by Gasteiger charge is -2.18. The molecule has 0 atom stereocenters. The second kappa shape index (κ2) is 6.42. The van der Waals surface area contributed by atoms with E-state index in [0.717, 1.165) is 29.9 Å². The summed E-state index contributed by atoms with van der Waals surface area (Å²) in [4.78, 5) is 13.9. The average Bonchev–Trinajstić information content (AvgIpc) is 2.89. The third-order valence-electron chi connectivity index (χ3n) is 3.29. The highest BCUT2D eigenvalue weighted by atomic mass is 16.5. The number of benzene rings is 1. The molecule has 0 spiro atoms. The van der Waals surface area contributed by atoms with Gasteiger partial charge in [-0.25, -0.2) is 0 Å². The Labute approximate surface area is 120 Å². The van der Waals surface area contributed by atoms with Gasteiger partial charge in [-0.15, -0.1) is 0 Å². The van der Waals surface area contributed by atoms with Crippen molar-refractivity contribution in [3.63, 3.8) is 0 Å². The molecular formula is C17H21NO2. The smallest absolute Gasteiger partial charge is 0.246 e. The Hall–Kier alpha value is -2.03. The minimum atomic E-state index is 0.0206. The molecule has 20 heavy (non-hydrogen) atoms. The summed E-state index contributed by atoms with van der Waals surface area (Å²) in [7, 11) is 0. The van der Waals surface area contributed by atoms with Gasteiger partial charge < -0.3 is 9.64 Å². The maximum atomic E-state index is 12.1. The number of amides is 1. The molecule has 0 aromatic heterocycles. The minimum absolute atomic E-state index is 0.0206. The molecule has 1 aromatic carbocycles. The zero-order chi connectivity index (χ0) is 14.5. The monoisotopic (exact) mass is 271 g/mol. The predicted octanol–water partition coefficient (Wildman–Crippen LogP) is 3.06. The molecule has 1 aromatic rings. The van der Waals surface area contributed by atoms with Crippen LogP contribution in [-0.2, 0) is 11.2 Å². The second-order valence-corrected chi connectivity index (χ2v) is 5.11. The van der Waals surface area contributed by atoms with Gasteiger partial charge in [0.2, 0.25) is 5.91 Å². The number of rotatable bonds is 5. The number of hydrogen-bond donors (Lipinski definition) is 0. The molecule has 1 amide bonds.